The van der Waals surface area contributed by atoms with E-state index in [-0.39, 0.29) is 6.04 Å². The lowest BCUT2D eigenvalue weighted by molar-refractivity contribution is 0.602. The smallest absolute Gasteiger partial charge is 0.0924 e. The van der Waals surface area contributed by atoms with Crippen LogP contribution in [0.2, 0.25) is 0 Å². The second kappa shape index (κ2) is 2.84. The van der Waals surface area contributed by atoms with Crippen LogP contribution in [0.25, 0.3) is 0 Å². The molecule has 1 atom stereocenters. The normalized spacial score (nSPS) is 20.9. The van der Waals surface area contributed by atoms with Crippen molar-refractivity contribution in [3.05, 3.63) is 0 Å². The zero-order valence-corrected chi connectivity index (χ0v) is 5.72. The first-order valence-corrected chi connectivity index (χ1v) is 3.46. The van der Waals surface area contributed by atoms with E-state index in [1.165, 1.54) is 12.8 Å². The summed E-state index contributed by atoms with van der Waals surface area (Å²) in [7, 11) is 0. The molecule has 0 saturated heterocycles. The number of nitriles is 1. The van der Waals surface area contributed by atoms with Crippen molar-refractivity contribution in [2.45, 2.75) is 25.8 Å². The Morgan fingerprint density at radius 1 is 1.78 bits per heavy atom. The van der Waals surface area contributed by atoms with Crippen LogP contribution in [-0.4, -0.2) is 12.6 Å². The lowest BCUT2D eigenvalue weighted by Crippen LogP contribution is -2.26. The lowest BCUT2D eigenvalue weighted by atomic mass is 10.3. The molecule has 0 aromatic heterocycles. The molecule has 2 heteroatoms. The number of hydrogen-bond acceptors (Lipinski definition) is 2. The monoisotopic (exact) mass is 124 g/mol. The van der Waals surface area contributed by atoms with E-state index in [0.717, 1.165) is 12.5 Å². The summed E-state index contributed by atoms with van der Waals surface area (Å²) in [4.78, 5) is 0. The Balaban J connectivity index is 1.97. The molecule has 0 aromatic carbocycles. The maximum atomic E-state index is 8.36. The van der Waals surface area contributed by atoms with Crippen LogP contribution in [0.3, 0.4) is 0 Å². The van der Waals surface area contributed by atoms with Crippen LogP contribution in [0.15, 0.2) is 0 Å². The standard InChI is InChI=1S/C7H12N2/c1-6(4-8)9-5-7-2-3-7/h6-7,9H,2-3,5H2,1H3. The van der Waals surface area contributed by atoms with Gasteiger partial charge in [-0.15, -0.1) is 0 Å². The zero-order chi connectivity index (χ0) is 6.69. The van der Waals surface area contributed by atoms with Gasteiger partial charge < -0.3 is 5.32 Å². The highest BCUT2D eigenvalue weighted by atomic mass is 14.9. The van der Waals surface area contributed by atoms with Gasteiger partial charge in [0.1, 0.15) is 0 Å². The van der Waals surface area contributed by atoms with Crippen LogP contribution in [0.5, 0.6) is 0 Å². The Hall–Kier alpha value is -0.550. The molecule has 1 rings (SSSR count). The Morgan fingerprint density at radius 3 is 2.89 bits per heavy atom. The molecule has 0 spiro atoms. The molecule has 0 heterocycles. The van der Waals surface area contributed by atoms with E-state index in [2.05, 4.69) is 11.4 Å². The SMILES string of the molecule is CC(C#N)NCC1CC1. The molecule has 1 saturated carbocycles. The lowest BCUT2D eigenvalue weighted by Gasteiger charge is -2.02. The minimum absolute atomic E-state index is 0.0330. The Morgan fingerprint density at radius 2 is 2.44 bits per heavy atom. The third-order valence-electron chi connectivity index (χ3n) is 1.60. The van der Waals surface area contributed by atoms with Gasteiger partial charge >= 0.3 is 0 Å². The van der Waals surface area contributed by atoms with Gasteiger partial charge in [-0.1, -0.05) is 0 Å². The molecule has 0 aromatic rings. The molecule has 1 unspecified atom stereocenters. The quantitative estimate of drug-likeness (QED) is 0.606. The Bertz CT molecular complexity index is 121. The predicted octanol–water partition coefficient (Wildman–Crippen LogP) is 0.898. The van der Waals surface area contributed by atoms with E-state index < -0.39 is 0 Å². The molecule has 1 aliphatic rings. The summed E-state index contributed by atoms with van der Waals surface area (Å²) in [5, 5.41) is 11.5. The fraction of sp³-hybridized carbons (Fsp3) is 0.857. The minimum atomic E-state index is 0.0330. The molecule has 1 N–H and O–H groups in total. The average molecular weight is 124 g/mol. The van der Waals surface area contributed by atoms with Gasteiger partial charge in [0.05, 0.1) is 12.1 Å². The van der Waals surface area contributed by atoms with Crippen LogP contribution in [0.4, 0.5) is 0 Å². The second-order valence-electron chi connectivity index (χ2n) is 2.70. The Kier molecular flexibility index (Phi) is 2.07. The largest absolute Gasteiger partial charge is 0.302 e. The molecular formula is C7H12N2. The highest BCUT2D eigenvalue weighted by Crippen LogP contribution is 2.27. The van der Waals surface area contributed by atoms with Crippen molar-refractivity contribution in [3.8, 4) is 6.07 Å². The Labute approximate surface area is 55.9 Å². The van der Waals surface area contributed by atoms with E-state index in [1.807, 2.05) is 6.92 Å². The first-order chi connectivity index (χ1) is 4.33. The van der Waals surface area contributed by atoms with E-state index in [4.69, 9.17) is 5.26 Å². The van der Waals surface area contributed by atoms with Gasteiger partial charge in [0.2, 0.25) is 0 Å². The van der Waals surface area contributed by atoms with Crippen LogP contribution in [-0.2, 0) is 0 Å². The maximum Gasteiger partial charge on any atom is 0.0924 e. The van der Waals surface area contributed by atoms with Gasteiger partial charge in [-0.3, -0.25) is 0 Å². The van der Waals surface area contributed by atoms with Crippen LogP contribution in [0, 0.1) is 17.2 Å². The molecule has 0 amide bonds. The fourth-order valence-corrected chi connectivity index (χ4v) is 0.711. The minimum Gasteiger partial charge on any atom is -0.302 e. The number of nitrogens with zero attached hydrogens (tertiary/aromatic N) is 1. The third kappa shape index (κ3) is 2.48. The van der Waals surface area contributed by atoms with Gasteiger partial charge in [-0.05, 0) is 32.2 Å². The van der Waals surface area contributed by atoms with Gasteiger partial charge in [0.25, 0.3) is 0 Å². The second-order valence-corrected chi connectivity index (χ2v) is 2.70. The van der Waals surface area contributed by atoms with Crippen molar-refractivity contribution in [2.75, 3.05) is 6.54 Å². The topological polar surface area (TPSA) is 35.8 Å². The van der Waals surface area contributed by atoms with Gasteiger partial charge in [0, 0.05) is 0 Å². The number of hydrogen-bond donors (Lipinski definition) is 1. The third-order valence-corrected chi connectivity index (χ3v) is 1.60. The summed E-state index contributed by atoms with van der Waals surface area (Å²) in [5.41, 5.74) is 0. The fourth-order valence-electron chi connectivity index (χ4n) is 0.711. The highest BCUT2D eigenvalue weighted by molar-refractivity contribution is 4.87. The van der Waals surface area contributed by atoms with Crippen LogP contribution < -0.4 is 5.32 Å². The highest BCUT2D eigenvalue weighted by Gasteiger charge is 2.20. The van der Waals surface area contributed by atoms with Gasteiger partial charge in [-0.2, -0.15) is 5.26 Å². The molecule has 0 bridgehead atoms. The van der Waals surface area contributed by atoms with E-state index in [1.54, 1.807) is 0 Å². The van der Waals surface area contributed by atoms with Crippen molar-refractivity contribution < 1.29 is 0 Å². The molecule has 50 valence electrons. The van der Waals surface area contributed by atoms with Crippen molar-refractivity contribution in [3.63, 3.8) is 0 Å². The summed E-state index contributed by atoms with van der Waals surface area (Å²) in [6.45, 7) is 2.93. The average Bonchev–Trinajstić information content (AvgIpc) is 2.65. The molecular weight excluding hydrogens is 112 g/mol. The summed E-state index contributed by atoms with van der Waals surface area (Å²) in [6, 6.07) is 2.17. The van der Waals surface area contributed by atoms with Crippen LogP contribution in [0.1, 0.15) is 19.8 Å². The maximum absolute atomic E-state index is 8.36. The molecule has 2 nitrogen and oxygen atoms in total. The zero-order valence-electron chi connectivity index (χ0n) is 5.72. The first kappa shape index (κ1) is 6.57. The van der Waals surface area contributed by atoms with E-state index in [0.29, 0.717) is 0 Å². The molecule has 9 heavy (non-hydrogen) atoms. The van der Waals surface area contributed by atoms with Gasteiger partial charge in [-0.25, -0.2) is 0 Å². The molecule has 1 fully saturated rings. The summed E-state index contributed by atoms with van der Waals surface area (Å²) in [6.07, 6.45) is 2.70. The molecule has 1 aliphatic carbocycles. The van der Waals surface area contributed by atoms with E-state index >= 15 is 0 Å². The van der Waals surface area contributed by atoms with E-state index in [9.17, 15) is 0 Å². The van der Waals surface area contributed by atoms with Crippen molar-refractivity contribution in [1.82, 2.24) is 5.32 Å². The van der Waals surface area contributed by atoms with Gasteiger partial charge in [0.15, 0.2) is 0 Å². The van der Waals surface area contributed by atoms with Crippen molar-refractivity contribution in [2.24, 2.45) is 5.92 Å². The van der Waals surface area contributed by atoms with Crippen molar-refractivity contribution >= 4 is 0 Å². The molecule has 0 radical (unpaired) electrons. The number of rotatable bonds is 3. The van der Waals surface area contributed by atoms with Crippen molar-refractivity contribution in [1.29, 1.82) is 5.26 Å². The molecule has 0 aliphatic heterocycles. The summed E-state index contributed by atoms with van der Waals surface area (Å²) < 4.78 is 0. The number of nitrogens with one attached hydrogen (secondary N) is 1. The summed E-state index contributed by atoms with van der Waals surface area (Å²) in [5.74, 6) is 0.876. The summed E-state index contributed by atoms with van der Waals surface area (Å²) >= 11 is 0. The first-order valence-electron chi connectivity index (χ1n) is 3.46. The predicted molar refractivity (Wildman–Crippen MR) is 35.8 cm³/mol. The van der Waals surface area contributed by atoms with Crippen LogP contribution >= 0.6 is 0 Å².